The molecule has 1 saturated carbocycles. The van der Waals surface area contributed by atoms with E-state index < -0.39 is 0 Å². The van der Waals surface area contributed by atoms with Crippen molar-refractivity contribution < 1.29 is 4.39 Å². The smallest absolute Gasteiger partial charge is 0.146 e. The Bertz CT molecular complexity index is 564. The Morgan fingerprint density at radius 2 is 2.15 bits per heavy atom. The van der Waals surface area contributed by atoms with Crippen LogP contribution in [0.5, 0.6) is 0 Å². The molecule has 2 nitrogen and oxygen atoms in total. The van der Waals surface area contributed by atoms with E-state index in [0.717, 1.165) is 17.8 Å². The Morgan fingerprint density at radius 3 is 2.75 bits per heavy atom. The van der Waals surface area contributed by atoms with Gasteiger partial charge in [0, 0.05) is 19.1 Å². The standard InChI is InChI=1S/C16H19FN2S/c1-18-9-12-2-5-16(15(17)8-12)19(14-3-4-14)10-13-6-7-20-11-13/h2,5-8,11,14,18H,3-4,9-10H2,1H3. The van der Waals surface area contributed by atoms with Crippen LogP contribution < -0.4 is 10.2 Å². The zero-order valence-electron chi connectivity index (χ0n) is 11.6. The van der Waals surface area contributed by atoms with Crippen molar-refractivity contribution in [2.75, 3.05) is 11.9 Å². The maximum absolute atomic E-state index is 14.4. The average Bonchev–Trinajstić information content (AvgIpc) is 3.15. The summed E-state index contributed by atoms with van der Waals surface area (Å²) in [6.07, 6.45) is 2.34. The zero-order valence-corrected chi connectivity index (χ0v) is 12.4. The Kier molecular flexibility index (Phi) is 4.03. The third-order valence-corrected chi connectivity index (χ3v) is 4.36. The summed E-state index contributed by atoms with van der Waals surface area (Å²) in [4.78, 5) is 2.21. The first-order chi connectivity index (χ1) is 9.78. The maximum atomic E-state index is 14.4. The summed E-state index contributed by atoms with van der Waals surface area (Å²) >= 11 is 1.69. The van der Waals surface area contributed by atoms with Crippen LogP contribution in [0.3, 0.4) is 0 Å². The van der Waals surface area contributed by atoms with Gasteiger partial charge < -0.3 is 10.2 Å². The molecule has 1 fully saturated rings. The second-order valence-electron chi connectivity index (χ2n) is 5.31. The molecule has 0 radical (unpaired) electrons. The van der Waals surface area contributed by atoms with Gasteiger partial charge in [-0.2, -0.15) is 11.3 Å². The van der Waals surface area contributed by atoms with Gasteiger partial charge in [-0.05, 0) is 60.0 Å². The van der Waals surface area contributed by atoms with Crippen LogP contribution in [0.25, 0.3) is 0 Å². The molecule has 1 heterocycles. The van der Waals surface area contributed by atoms with Crippen LogP contribution in [0.15, 0.2) is 35.0 Å². The zero-order chi connectivity index (χ0) is 13.9. The first-order valence-corrected chi connectivity index (χ1v) is 7.93. The number of halogens is 1. The first kappa shape index (κ1) is 13.6. The summed E-state index contributed by atoms with van der Waals surface area (Å²) in [6, 6.07) is 8.20. The van der Waals surface area contributed by atoms with E-state index in [9.17, 15) is 4.39 Å². The van der Waals surface area contributed by atoms with Crippen molar-refractivity contribution >= 4 is 17.0 Å². The van der Waals surface area contributed by atoms with Crippen molar-refractivity contribution in [3.63, 3.8) is 0 Å². The fraction of sp³-hybridized carbons (Fsp3) is 0.375. The van der Waals surface area contributed by atoms with Crippen molar-refractivity contribution in [1.29, 1.82) is 0 Å². The molecule has 1 aromatic carbocycles. The number of nitrogens with zero attached hydrogens (tertiary/aromatic N) is 1. The number of anilines is 1. The molecule has 0 atom stereocenters. The minimum Gasteiger partial charge on any atom is -0.362 e. The summed E-state index contributed by atoms with van der Waals surface area (Å²) in [5, 5.41) is 7.27. The largest absolute Gasteiger partial charge is 0.362 e. The SMILES string of the molecule is CNCc1ccc(N(Cc2ccsc2)C2CC2)c(F)c1. The van der Waals surface area contributed by atoms with Gasteiger partial charge in [0.15, 0.2) is 0 Å². The van der Waals surface area contributed by atoms with Gasteiger partial charge in [0.2, 0.25) is 0 Å². The molecule has 1 aliphatic rings. The van der Waals surface area contributed by atoms with Gasteiger partial charge in [0.1, 0.15) is 5.82 Å². The molecule has 106 valence electrons. The molecule has 0 amide bonds. The number of thiophene rings is 1. The molecule has 4 heteroatoms. The lowest BCUT2D eigenvalue weighted by molar-refractivity contribution is 0.611. The molecule has 0 unspecified atom stereocenters. The second-order valence-corrected chi connectivity index (χ2v) is 6.09. The lowest BCUT2D eigenvalue weighted by Gasteiger charge is -2.25. The monoisotopic (exact) mass is 290 g/mol. The quantitative estimate of drug-likeness (QED) is 0.871. The molecular weight excluding hydrogens is 271 g/mol. The summed E-state index contributed by atoms with van der Waals surface area (Å²) in [7, 11) is 1.87. The van der Waals surface area contributed by atoms with E-state index in [1.165, 1.54) is 18.4 Å². The topological polar surface area (TPSA) is 15.3 Å². The number of nitrogens with one attached hydrogen (secondary N) is 1. The maximum Gasteiger partial charge on any atom is 0.146 e. The molecule has 0 spiro atoms. The fourth-order valence-corrected chi connectivity index (χ4v) is 3.13. The molecule has 1 aliphatic carbocycles. The van der Waals surface area contributed by atoms with Gasteiger partial charge in [-0.15, -0.1) is 0 Å². The van der Waals surface area contributed by atoms with Gasteiger partial charge in [-0.25, -0.2) is 4.39 Å². The highest BCUT2D eigenvalue weighted by Crippen LogP contribution is 2.35. The normalized spacial score (nSPS) is 14.5. The third-order valence-electron chi connectivity index (χ3n) is 3.62. The van der Waals surface area contributed by atoms with Crippen LogP contribution in [0, 0.1) is 5.82 Å². The Morgan fingerprint density at radius 1 is 1.30 bits per heavy atom. The second kappa shape index (κ2) is 5.94. The number of hydrogen-bond donors (Lipinski definition) is 1. The summed E-state index contributed by atoms with van der Waals surface area (Å²) in [5.41, 5.74) is 2.99. The number of benzene rings is 1. The summed E-state index contributed by atoms with van der Waals surface area (Å²) in [6.45, 7) is 1.50. The van der Waals surface area contributed by atoms with Gasteiger partial charge in [-0.1, -0.05) is 6.07 Å². The van der Waals surface area contributed by atoms with E-state index in [0.29, 0.717) is 12.6 Å². The Labute approximate surface area is 123 Å². The van der Waals surface area contributed by atoms with Crippen molar-refractivity contribution in [3.8, 4) is 0 Å². The Balaban J connectivity index is 1.83. The average molecular weight is 290 g/mol. The van der Waals surface area contributed by atoms with Gasteiger partial charge in [0.25, 0.3) is 0 Å². The molecular formula is C16H19FN2S. The van der Waals surface area contributed by atoms with Gasteiger partial charge >= 0.3 is 0 Å². The lowest BCUT2D eigenvalue weighted by atomic mass is 10.1. The van der Waals surface area contributed by atoms with Crippen molar-refractivity contribution in [3.05, 3.63) is 52.0 Å². The van der Waals surface area contributed by atoms with Crippen LogP contribution in [0.2, 0.25) is 0 Å². The highest BCUT2D eigenvalue weighted by atomic mass is 32.1. The predicted octanol–water partition coefficient (Wildman–Crippen LogP) is 3.78. The minimum absolute atomic E-state index is 0.111. The van der Waals surface area contributed by atoms with Crippen molar-refractivity contribution in [1.82, 2.24) is 5.32 Å². The molecule has 0 aliphatic heterocycles. The molecule has 3 rings (SSSR count). The fourth-order valence-electron chi connectivity index (χ4n) is 2.47. The van der Waals surface area contributed by atoms with E-state index >= 15 is 0 Å². The third kappa shape index (κ3) is 3.02. The molecule has 1 N–H and O–H groups in total. The van der Waals surface area contributed by atoms with Crippen LogP contribution in [-0.2, 0) is 13.1 Å². The first-order valence-electron chi connectivity index (χ1n) is 6.98. The van der Waals surface area contributed by atoms with E-state index in [-0.39, 0.29) is 5.82 Å². The molecule has 20 heavy (non-hydrogen) atoms. The van der Waals surface area contributed by atoms with Gasteiger partial charge in [-0.3, -0.25) is 0 Å². The van der Waals surface area contributed by atoms with Crippen LogP contribution in [-0.4, -0.2) is 13.1 Å². The molecule has 1 aromatic heterocycles. The van der Waals surface area contributed by atoms with E-state index in [1.54, 1.807) is 17.4 Å². The molecule has 0 saturated heterocycles. The number of rotatable bonds is 6. The van der Waals surface area contributed by atoms with Gasteiger partial charge in [0.05, 0.1) is 5.69 Å². The van der Waals surface area contributed by atoms with E-state index in [4.69, 9.17) is 0 Å². The highest BCUT2D eigenvalue weighted by Gasteiger charge is 2.30. The van der Waals surface area contributed by atoms with E-state index in [1.807, 2.05) is 19.2 Å². The van der Waals surface area contributed by atoms with Crippen LogP contribution >= 0.6 is 11.3 Å². The van der Waals surface area contributed by atoms with Crippen LogP contribution in [0.1, 0.15) is 24.0 Å². The van der Waals surface area contributed by atoms with E-state index in [2.05, 4.69) is 27.0 Å². The number of hydrogen-bond acceptors (Lipinski definition) is 3. The lowest BCUT2D eigenvalue weighted by Crippen LogP contribution is -2.25. The predicted molar refractivity (Wildman–Crippen MR) is 82.7 cm³/mol. The van der Waals surface area contributed by atoms with Crippen molar-refractivity contribution in [2.45, 2.75) is 32.0 Å². The minimum atomic E-state index is -0.111. The molecule has 2 aromatic rings. The van der Waals surface area contributed by atoms with Crippen LogP contribution in [0.4, 0.5) is 10.1 Å². The van der Waals surface area contributed by atoms with Crippen molar-refractivity contribution in [2.24, 2.45) is 0 Å². The molecule has 0 bridgehead atoms. The summed E-state index contributed by atoms with van der Waals surface area (Å²) < 4.78 is 14.4. The summed E-state index contributed by atoms with van der Waals surface area (Å²) in [5.74, 6) is -0.111. The highest BCUT2D eigenvalue weighted by molar-refractivity contribution is 7.07. The Hall–Kier alpha value is -1.39.